The van der Waals surface area contributed by atoms with Gasteiger partial charge in [0.25, 0.3) is 5.91 Å². The van der Waals surface area contributed by atoms with Crippen molar-refractivity contribution >= 4 is 23.2 Å². The van der Waals surface area contributed by atoms with Gasteiger partial charge in [0.15, 0.2) is 0 Å². The van der Waals surface area contributed by atoms with Crippen LogP contribution in [0.2, 0.25) is 0 Å². The van der Waals surface area contributed by atoms with Crippen LogP contribution in [-0.2, 0) is 11.3 Å². The third kappa shape index (κ3) is 5.28. The number of carbonyl (C=O) groups is 2. The van der Waals surface area contributed by atoms with Crippen LogP contribution in [-0.4, -0.2) is 21.4 Å². The van der Waals surface area contributed by atoms with E-state index in [9.17, 15) is 9.59 Å². The lowest BCUT2D eigenvalue weighted by Crippen LogP contribution is -2.13. The Morgan fingerprint density at radius 2 is 1.78 bits per heavy atom. The number of hydrogen-bond acceptors (Lipinski definition) is 3. The van der Waals surface area contributed by atoms with Crippen LogP contribution in [0.3, 0.4) is 0 Å². The summed E-state index contributed by atoms with van der Waals surface area (Å²) in [6.45, 7) is 2.67. The third-order valence-corrected chi connectivity index (χ3v) is 4.02. The van der Waals surface area contributed by atoms with Crippen molar-refractivity contribution in [1.82, 2.24) is 9.55 Å². The number of amides is 2. The number of carbonyl (C=O) groups excluding carboxylic acids is 2. The normalized spacial score (nSPS) is 10.4. The molecule has 138 valence electrons. The fourth-order valence-corrected chi connectivity index (χ4v) is 2.68. The van der Waals surface area contributed by atoms with E-state index in [4.69, 9.17) is 0 Å². The molecule has 2 amide bonds. The molecule has 0 spiro atoms. The summed E-state index contributed by atoms with van der Waals surface area (Å²) in [4.78, 5) is 28.2. The maximum Gasteiger partial charge on any atom is 0.255 e. The summed E-state index contributed by atoms with van der Waals surface area (Å²) in [5.74, 6) is -0.226. The Morgan fingerprint density at radius 3 is 2.44 bits per heavy atom. The molecule has 3 aromatic rings. The number of nitrogens with one attached hydrogen (secondary N) is 2. The van der Waals surface area contributed by atoms with E-state index in [-0.39, 0.29) is 11.8 Å². The monoisotopic (exact) mass is 362 g/mol. The van der Waals surface area contributed by atoms with Gasteiger partial charge in [0.1, 0.15) is 0 Å². The van der Waals surface area contributed by atoms with E-state index in [1.165, 1.54) is 0 Å². The summed E-state index contributed by atoms with van der Waals surface area (Å²) in [7, 11) is 0. The van der Waals surface area contributed by atoms with Crippen molar-refractivity contribution in [3.8, 4) is 0 Å². The number of aromatic nitrogens is 2. The maximum absolute atomic E-state index is 12.5. The average molecular weight is 362 g/mol. The van der Waals surface area contributed by atoms with E-state index in [1.807, 2.05) is 29.8 Å². The van der Waals surface area contributed by atoms with E-state index >= 15 is 0 Å². The predicted molar refractivity (Wildman–Crippen MR) is 106 cm³/mol. The van der Waals surface area contributed by atoms with Gasteiger partial charge < -0.3 is 15.2 Å². The van der Waals surface area contributed by atoms with Crippen LogP contribution in [0.15, 0.2) is 67.3 Å². The summed E-state index contributed by atoms with van der Waals surface area (Å²) in [5.41, 5.74) is 2.97. The Balaban J connectivity index is 1.62. The fourth-order valence-electron chi connectivity index (χ4n) is 2.68. The largest absolute Gasteiger partial charge is 0.333 e. The first-order chi connectivity index (χ1) is 13.1. The van der Waals surface area contributed by atoms with Crippen LogP contribution in [0.1, 0.15) is 35.7 Å². The van der Waals surface area contributed by atoms with Gasteiger partial charge in [0.2, 0.25) is 5.91 Å². The Labute approximate surface area is 158 Å². The minimum Gasteiger partial charge on any atom is -0.333 e. The molecule has 27 heavy (non-hydrogen) atoms. The van der Waals surface area contributed by atoms with E-state index in [1.54, 1.807) is 48.9 Å². The number of nitrogens with zero attached hydrogens (tertiary/aromatic N) is 2. The minimum atomic E-state index is -0.193. The van der Waals surface area contributed by atoms with Gasteiger partial charge in [-0.1, -0.05) is 25.1 Å². The molecule has 2 N–H and O–H groups in total. The molecule has 0 radical (unpaired) electrons. The van der Waals surface area contributed by atoms with E-state index in [0.29, 0.717) is 29.9 Å². The summed E-state index contributed by atoms with van der Waals surface area (Å²) >= 11 is 0. The number of anilines is 2. The van der Waals surface area contributed by atoms with Crippen LogP contribution in [0, 0.1) is 0 Å². The first-order valence-corrected chi connectivity index (χ1v) is 8.90. The summed E-state index contributed by atoms with van der Waals surface area (Å²) in [6, 6.07) is 14.6. The number of imidazole rings is 1. The minimum absolute atomic E-state index is 0.0329. The lowest BCUT2D eigenvalue weighted by Gasteiger charge is -2.09. The number of rotatable bonds is 7. The molecule has 0 saturated carbocycles. The fraction of sp³-hybridized carbons (Fsp3) is 0.190. The second-order valence-corrected chi connectivity index (χ2v) is 6.27. The highest BCUT2D eigenvalue weighted by Crippen LogP contribution is 2.17. The average Bonchev–Trinajstić information content (AvgIpc) is 3.16. The zero-order valence-electron chi connectivity index (χ0n) is 15.2. The molecule has 0 aliphatic heterocycles. The van der Waals surface area contributed by atoms with Gasteiger partial charge >= 0.3 is 0 Å². The topological polar surface area (TPSA) is 76.0 Å². The zero-order chi connectivity index (χ0) is 19.1. The lowest BCUT2D eigenvalue weighted by molar-refractivity contribution is -0.116. The molecule has 0 aliphatic carbocycles. The molecule has 1 aromatic heterocycles. The van der Waals surface area contributed by atoms with Crippen molar-refractivity contribution in [2.75, 3.05) is 10.6 Å². The molecular weight excluding hydrogens is 340 g/mol. The van der Waals surface area contributed by atoms with Gasteiger partial charge in [-0.25, -0.2) is 4.98 Å². The van der Waals surface area contributed by atoms with Gasteiger partial charge in [-0.2, -0.15) is 0 Å². The lowest BCUT2D eigenvalue weighted by atomic mass is 10.1. The molecule has 3 rings (SSSR count). The van der Waals surface area contributed by atoms with Crippen LogP contribution in [0.5, 0.6) is 0 Å². The molecular formula is C21H22N4O2. The van der Waals surface area contributed by atoms with E-state index in [0.717, 1.165) is 12.0 Å². The number of benzene rings is 2. The molecule has 0 atom stereocenters. The third-order valence-electron chi connectivity index (χ3n) is 4.02. The molecule has 1 heterocycles. The Bertz CT molecular complexity index is 902. The zero-order valence-corrected chi connectivity index (χ0v) is 15.2. The van der Waals surface area contributed by atoms with Crippen molar-refractivity contribution in [3.05, 3.63) is 78.4 Å². The van der Waals surface area contributed by atoms with Crippen molar-refractivity contribution in [2.24, 2.45) is 0 Å². The Hall–Kier alpha value is -3.41. The summed E-state index contributed by atoms with van der Waals surface area (Å²) in [5, 5.41) is 5.69. The second-order valence-electron chi connectivity index (χ2n) is 6.27. The molecule has 0 saturated heterocycles. The molecule has 0 unspecified atom stereocenters. The second kappa shape index (κ2) is 8.80. The maximum atomic E-state index is 12.5. The van der Waals surface area contributed by atoms with Gasteiger partial charge in [0, 0.05) is 42.3 Å². The highest BCUT2D eigenvalue weighted by atomic mass is 16.2. The highest BCUT2D eigenvalue weighted by molar-refractivity contribution is 6.04. The molecule has 0 bridgehead atoms. The van der Waals surface area contributed by atoms with Crippen LogP contribution in [0.25, 0.3) is 0 Å². The molecule has 0 fully saturated rings. The molecule has 2 aromatic carbocycles. The SMILES string of the molecule is CCCC(=O)Nc1cccc(NC(=O)c2ccc(Cn3ccnc3)cc2)c1. The van der Waals surface area contributed by atoms with Gasteiger partial charge in [-0.3, -0.25) is 9.59 Å². The Kier molecular flexibility index (Phi) is 5.99. The van der Waals surface area contributed by atoms with Gasteiger partial charge in [-0.05, 0) is 42.3 Å². The number of hydrogen-bond donors (Lipinski definition) is 2. The van der Waals surface area contributed by atoms with Gasteiger partial charge in [0.05, 0.1) is 6.33 Å². The summed E-state index contributed by atoms with van der Waals surface area (Å²) in [6.07, 6.45) is 6.65. The van der Waals surface area contributed by atoms with Crippen molar-refractivity contribution in [1.29, 1.82) is 0 Å². The van der Waals surface area contributed by atoms with Gasteiger partial charge in [-0.15, -0.1) is 0 Å². The van der Waals surface area contributed by atoms with Crippen LogP contribution >= 0.6 is 0 Å². The molecule has 6 nitrogen and oxygen atoms in total. The Morgan fingerprint density at radius 1 is 1.04 bits per heavy atom. The van der Waals surface area contributed by atoms with Crippen molar-refractivity contribution in [3.63, 3.8) is 0 Å². The standard InChI is InChI=1S/C21H22N4O2/c1-2-4-20(26)23-18-5-3-6-19(13-18)24-21(27)17-9-7-16(8-10-17)14-25-12-11-22-15-25/h3,5-13,15H,2,4,14H2,1H3,(H,23,26)(H,24,27). The molecule has 0 aliphatic rings. The van der Waals surface area contributed by atoms with Crippen molar-refractivity contribution in [2.45, 2.75) is 26.3 Å². The smallest absolute Gasteiger partial charge is 0.255 e. The van der Waals surface area contributed by atoms with Crippen LogP contribution < -0.4 is 10.6 Å². The highest BCUT2D eigenvalue weighted by Gasteiger charge is 2.08. The van der Waals surface area contributed by atoms with Crippen LogP contribution in [0.4, 0.5) is 11.4 Å². The van der Waals surface area contributed by atoms with E-state index in [2.05, 4.69) is 15.6 Å². The van der Waals surface area contributed by atoms with Crippen molar-refractivity contribution < 1.29 is 9.59 Å². The summed E-state index contributed by atoms with van der Waals surface area (Å²) < 4.78 is 1.97. The predicted octanol–water partition coefficient (Wildman–Crippen LogP) is 3.92. The van der Waals surface area contributed by atoms with E-state index < -0.39 is 0 Å². The first-order valence-electron chi connectivity index (χ1n) is 8.90. The molecule has 6 heteroatoms. The first kappa shape index (κ1) is 18.4. The quantitative estimate of drug-likeness (QED) is 0.669.